The van der Waals surface area contributed by atoms with Crippen molar-refractivity contribution in [3.63, 3.8) is 0 Å². The summed E-state index contributed by atoms with van der Waals surface area (Å²) in [4.78, 5) is 25.6. The van der Waals surface area contributed by atoms with E-state index in [1.54, 1.807) is 25.0 Å². The summed E-state index contributed by atoms with van der Waals surface area (Å²) in [6, 6.07) is 5.55. The van der Waals surface area contributed by atoms with E-state index < -0.39 is 0 Å². The lowest BCUT2D eigenvalue weighted by Crippen LogP contribution is -2.36. The molecule has 0 fully saturated rings. The molecule has 1 atom stereocenters. The third-order valence-corrected chi connectivity index (χ3v) is 4.15. The predicted molar refractivity (Wildman–Crippen MR) is 106 cm³/mol. The van der Waals surface area contributed by atoms with Gasteiger partial charge in [0.05, 0.1) is 26.7 Å². The smallest absolute Gasteiger partial charge is 0.310 e. The summed E-state index contributed by atoms with van der Waals surface area (Å²) >= 11 is 0. The van der Waals surface area contributed by atoms with Gasteiger partial charge < -0.3 is 19.1 Å². The molecule has 6 nitrogen and oxygen atoms in total. The van der Waals surface area contributed by atoms with Crippen LogP contribution in [0.15, 0.2) is 24.3 Å². The molecule has 0 N–H and O–H groups in total. The molecule has 0 aliphatic carbocycles. The number of carbonyl (C=O) groups is 2. The lowest BCUT2D eigenvalue weighted by atomic mass is 10.1. The van der Waals surface area contributed by atoms with E-state index in [0.717, 1.165) is 18.4 Å². The lowest BCUT2D eigenvalue weighted by Gasteiger charge is -2.22. The van der Waals surface area contributed by atoms with Crippen molar-refractivity contribution in [3.05, 3.63) is 29.8 Å². The number of carbonyl (C=O) groups excluding carboxylic acids is 2. The Hall–Kier alpha value is -2.50. The second-order valence-corrected chi connectivity index (χ2v) is 6.25. The Morgan fingerprint density at radius 1 is 1.19 bits per heavy atom. The molecule has 0 saturated heterocycles. The number of methoxy groups -OCH3 is 2. The molecular weight excluding hydrogens is 346 g/mol. The van der Waals surface area contributed by atoms with Crippen LogP contribution in [0.2, 0.25) is 0 Å². The quantitative estimate of drug-likeness (QED) is 0.335. The summed E-state index contributed by atoms with van der Waals surface area (Å²) in [5, 5.41) is 0. The van der Waals surface area contributed by atoms with E-state index in [1.807, 2.05) is 25.1 Å². The van der Waals surface area contributed by atoms with E-state index in [1.165, 1.54) is 13.2 Å². The Labute approximate surface area is 162 Å². The Morgan fingerprint density at radius 3 is 2.52 bits per heavy atom. The molecule has 1 unspecified atom stereocenters. The van der Waals surface area contributed by atoms with Crippen LogP contribution in [-0.2, 0) is 14.3 Å². The Kier molecular flexibility index (Phi) is 10.0. The van der Waals surface area contributed by atoms with Gasteiger partial charge in [-0.3, -0.25) is 9.59 Å². The minimum atomic E-state index is -0.369. The van der Waals surface area contributed by atoms with E-state index in [-0.39, 0.29) is 17.8 Å². The highest BCUT2D eigenvalue weighted by Gasteiger charge is 2.19. The Balaban J connectivity index is 2.78. The summed E-state index contributed by atoms with van der Waals surface area (Å²) in [6.07, 6.45) is 5.27. The highest BCUT2D eigenvalue weighted by molar-refractivity contribution is 5.92. The molecule has 1 rings (SSSR count). The first kappa shape index (κ1) is 22.5. The van der Waals surface area contributed by atoms with E-state index in [2.05, 4.69) is 6.92 Å². The molecule has 27 heavy (non-hydrogen) atoms. The van der Waals surface area contributed by atoms with Gasteiger partial charge in [-0.1, -0.05) is 26.3 Å². The largest absolute Gasteiger partial charge is 0.493 e. The topological polar surface area (TPSA) is 65.1 Å². The van der Waals surface area contributed by atoms with Crippen molar-refractivity contribution >= 4 is 18.0 Å². The zero-order valence-electron chi connectivity index (χ0n) is 17.0. The monoisotopic (exact) mass is 377 g/mol. The number of hydrogen-bond acceptors (Lipinski definition) is 5. The number of nitrogens with zero attached hydrogens (tertiary/aromatic N) is 1. The van der Waals surface area contributed by atoms with Crippen LogP contribution in [-0.4, -0.2) is 50.7 Å². The highest BCUT2D eigenvalue weighted by Crippen LogP contribution is 2.28. The summed E-state index contributed by atoms with van der Waals surface area (Å²) in [5.41, 5.74) is 0.833. The minimum absolute atomic E-state index is 0.157. The van der Waals surface area contributed by atoms with Gasteiger partial charge in [0.15, 0.2) is 11.5 Å². The first-order chi connectivity index (χ1) is 13.0. The third kappa shape index (κ3) is 7.33. The van der Waals surface area contributed by atoms with Crippen molar-refractivity contribution < 1.29 is 23.8 Å². The molecule has 0 saturated carbocycles. The fourth-order valence-corrected chi connectivity index (χ4v) is 2.49. The van der Waals surface area contributed by atoms with Gasteiger partial charge in [0.2, 0.25) is 5.91 Å². The Morgan fingerprint density at radius 2 is 1.93 bits per heavy atom. The molecule has 0 radical (unpaired) electrons. The van der Waals surface area contributed by atoms with Gasteiger partial charge in [0.1, 0.15) is 0 Å². The normalized spacial score (nSPS) is 11.9. The summed E-state index contributed by atoms with van der Waals surface area (Å²) in [6.45, 7) is 7.20. The average Bonchev–Trinajstić information content (AvgIpc) is 2.69. The predicted octanol–water partition coefficient (Wildman–Crippen LogP) is 3.54. The summed E-state index contributed by atoms with van der Waals surface area (Å²) < 4.78 is 15.8. The summed E-state index contributed by atoms with van der Waals surface area (Å²) in [5.74, 6) is 0.472. The average molecular weight is 377 g/mol. The molecule has 0 aliphatic heterocycles. The number of likely N-dealkylation sites (N-methyl/N-ethyl adjacent to an activating group) is 1. The van der Waals surface area contributed by atoms with Crippen molar-refractivity contribution in [2.45, 2.75) is 33.6 Å². The van der Waals surface area contributed by atoms with Crippen LogP contribution in [0.25, 0.3) is 6.08 Å². The molecular formula is C21H31NO5. The van der Waals surface area contributed by atoms with Crippen LogP contribution < -0.4 is 9.47 Å². The van der Waals surface area contributed by atoms with Gasteiger partial charge in [0.25, 0.3) is 0 Å². The van der Waals surface area contributed by atoms with Crippen LogP contribution in [0, 0.1) is 5.92 Å². The number of hydrogen-bond donors (Lipinski definition) is 0. The van der Waals surface area contributed by atoms with Crippen LogP contribution in [0.5, 0.6) is 11.5 Å². The van der Waals surface area contributed by atoms with Gasteiger partial charge in [0, 0.05) is 19.2 Å². The van der Waals surface area contributed by atoms with Crippen LogP contribution in [0.3, 0.4) is 0 Å². The first-order valence-electron chi connectivity index (χ1n) is 9.32. The number of benzene rings is 1. The maximum Gasteiger partial charge on any atom is 0.310 e. The van der Waals surface area contributed by atoms with Gasteiger partial charge in [-0.05, 0) is 37.1 Å². The van der Waals surface area contributed by atoms with Crippen LogP contribution >= 0.6 is 0 Å². The van der Waals surface area contributed by atoms with Crippen molar-refractivity contribution in [2.24, 2.45) is 5.92 Å². The molecule has 0 bridgehead atoms. The van der Waals surface area contributed by atoms with E-state index in [9.17, 15) is 9.59 Å². The van der Waals surface area contributed by atoms with Crippen LogP contribution in [0.4, 0.5) is 0 Å². The standard InChI is InChI=1S/C21H31NO5/c1-6-8-13-27-18-11-9-17(14-19(18)25-4)10-12-20(23)22(7-2)15-16(3)21(24)26-5/h9-12,14,16H,6-8,13,15H2,1-5H3/b12-10+. The molecule has 1 amide bonds. The number of esters is 1. The highest BCUT2D eigenvalue weighted by atomic mass is 16.5. The molecule has 0 aromatic heterocycles. The van der Waals surface area contributed by atoms with Gasteiger partial charge in [-0.25, -0.2) is 0 Å². The molecule has 0 spiro atoms. The molecule has 0 heterocycles. The second-order valence-electron chi connectivity index (χ2n) is 6.25. The van der Waals surface area contributed by atoms with Gasteiger partial charge in [-0.15, -0.1) is 0 Å². The maximum absolute atomic E-state index is 12.4. The molecule has 1 aromatic carbocycles. The van der Waals surface area contributed by atoms with Crippen LogP contribution in [0.1, 0.15) is 39.2 Å². The minimum Gasteiger partial charge on any atom is -0.493 e. The summed E-state index contributed by atoms with van der Waals surface area (Å²) in [7, 11) is 2.94. The number of amides is 1. The first-order valence-corrected chi connectivity index (χ1v) is 9.32. The van der Waals surface area contributed by atoms with Gasteiger partial charge >= 0.3 is 5.97 Å². The molecule has 1 aromatic rings. The second kappa shape index (κ2) is 12.0. The molecule has 6 heteroatoms. The zero-order chi connectivity index (χ0) is 20.2. The van der Waals surface area contributed by atoms with Crippen molar-refractivity contribution in [2.75, 3.05) is 33.9 Å². The lowest BCUT2D eigenvalue weighted by molar-refractivity contribution is -0.146. The SMILES string of the molecule is CCCCOc1ccc(/C=C/C(=O)N(CC)CC(C)C(=O)OC)cc1OC. The third-order valence-electron chi connectivity index (χ3n) is 4.15. The number of rotatable bonds is 11. The maximum atomic E-state index is 12.4. The Bertz CT molecular complexity index is 641. The zero-order valence-corrected chi connectivity index (χ0v) is 17.0. The fourth-order valence-electron chi connectivity index (χ4n) is 2.49. The van der Waals surface area contributed by atoms with Crippen molar-refractivity contribution in [1.82, 2.24) is 4.90 Å². The number of unbranched alkanes of at least 4 members (excludes halogenated alkanes) is 1. The van der Waals surface area contributed by atoms with E-state index in [0.29, 0.717) is 31.2 Å². The number of ether oxygens (including phenoxy) is 3. The van der Waals surface area contributed by atoms with E-state index >= 15 is 0 Å². The van der Waals surface area contributed by atoms with Crippen molar-refractivity contribution in [3.8, 4) is 11.5 Å². The molecule has 0 aliphatic rings. The molecule has 150 valence electrons. The van der Waals surface area contributed by atoms with Gasteiger partial charge in [-0.2, -0.15) is 0 Å². The van der Waals surface area contributed by atoms with E-state index in [4.69, 9.17) is 14.2 Å². The van der Waals surface area contributed by atoms with Crippen molar-refractivity contribution in [1.29, 1.82) is 0 Å². The fraction of sp³-hybridized carbons (Fsp3) is 0.524.